The van der Waals surface area contributed by atoms with Gasteiger partial charge in [0.25, 0.3) is 0 Å². The summed E-state index contributed by atoms with van der Waals surface area (Å²) in [5, 5.41) is 11.4. The van der Waals surface area contributed by atoms with Crippen LogP contribution in [0, 0.1) is 0 Å². The van der Waals surface area contributed by atoms with Crippen molar-refractivity contribution in [3.8, 4) is 0 Å². The quantitative estimate of drug-likeness (QED) is 0.388. The molecule has 3 amide bonds. The number of piperazine rings is 1. The van der Waals surface area contributed by atoms with Crippen molar-refractivity contribution in [2.45, 2.75) is 70.9 Å². The lowest BCUT2D eigenvalue weighted by Crippen LogP contribution is -2.62. The molecule has 0 spiro atoms. The van der Waals surface area contributed by atoms with Gasteiger partial charge < -0.3 is 21.3 Å². The maximum atomic E-state index is 12.1. The lowest BCUT2D eigenvalue weighted by atomic mass is 10.0. The number of nitrogens with one attached hydrogen (secondary N) is 4. The number of hydrogen-bond donors (Lipinski definition) is 4. The highest BCUT2D eigenvalue weighted by atomic mass is 16.2. The van der Waals surface area contributed by atoms with E-state index in [0.29, 0.717) is 13.0 Å². The third-order valence-corrected chi connectivity index (χ3v) is 4.10. The Morgan fingerprint density at radius 1 is 0.958 bits per heavy atom. The van der Waals surface area contributed by atoms with Crippen molar-refractivity contribution in [1.29, 1.82) is 0 Å². The summed E-state index contributed by atoms with van der Waals surface area (Å²) < 4.78 is 0. The van der Waals surface area contributed by atoms with E-state index in [1.807, 2.05) is 6.92 Å². The Bertz CT molecular complexity index is 413. The van der Waals surface area contributed by atoms with Crippen LogP contribution in [0.5, 0.6) is 0 Å². The molecule has 0 saturated carbocycles. The summed E-state index contributed by atoms with van der Waals surface area (Å²) >= 11 is 0. The summed E-state index contributed by atoms with van der Waals surface area (Å²) in [5.74, 6) is -0.673. The van der Waals surface area contributed by atoms with Crippen LogP contribution in [-0.4, -0.2) is 49.4 Å². The summed E-state index contributed by atoms with van der Waals surface area (Å²) in [6.45, 7) is 6.48. The molecule has 1 heterocycles. The van der Waals surface area contributed by atoms with Crippen LogP contribution in [0.3, 0.4) is 0 Å². The molecule has 1 saturated heterocycles. The smallest absolute Gasteiger partial charge is 0.243 e. The number of rotatable bonds is 12. The Morgan fingerprint density at radius 2 is 1.67 bits per heavy atom. The Morgan fingerprint density at radius 3 is 2.38 bits per heavy atom. The summed E-state index contributed by atoms with van der Waals surface area (Å²) in [4.78, 5) is 36.0. The van der Waals surface area contributed by atoms with Gasteiger partial charge in [0.2, 0.25) is 17.7 Å². The first kappa shape index (κ1) is 20.4. The number of unbranched alkanes of at least 4 members (excludes halogenated alkanes) is 3. The predicted octanol–water partition coefficient (Wildman–Crippen LogP) is 0.446. The molecule has 138 valence electrons. The zero-order valence-electron chi connectivity index (χ0n) is 15.0. The molecule has 0 aromatic carbocycles. The summed E-state index contributed by atoms with van der Waals surface area (Å²) in [6, 6.07) is -1.26. The molecule has 1 aliphatic rings. The van der Waals surface area contributed by atoms with Crippen molar-refractivity contribution in [2.24, 2.45) is 0 Å². The van der Waals surface area contributed by atoms with Crippen LogP contribution >= 0.6 is 0 Å². The standard InChI is InChI=1S/C17H32N4O3/c1-3-5-6-7-11-19-15(22)12-14-17(24)20-13(16(23)21-14)9-8-10-18-4-2/h13-14,18H,3-12H2,1-2H3,(H,19,22)(H,20,24)(H,21,23)/t13-,14-/m1/s1. The van der Waals surface area contributed by atoms with Gasteiger partial charge in [0.1, 0.15) is 12.1 Å². The van der Waals surface area contributed by atoms with E-state index in [1.165, 1.54) is 0 Å². The minimum absolute atomic E-state index is 0.00450. The number of amides is 3. The van der Waals surface area contributed by atoms with Gasteiger partial charge in [0.15, 0.2) is 0 Å². The molecule has 0 unspecified atom stereocenters. The van der Waals surface area contributed by atoms with Gasteiger partial charge in [0, 0.05) is 6.54 Å². The van der Waals surface area contributed by atoms with Gasteiger partial charge in [-0.3, -0.25) is 14.4 Å². The molecule has 24 heavy (non-hydrogen) atoms. The Kier molecular flexibility index (Phi) is 10.1. The third-order valence-electron chi connectivity index (χ3n) is 4.10. The largest absolute Gasteiger partial charge is 0.356 e. The van der Waals surface area contributed by atoms with Crippen LogP contribution in [0.15, 0.2) is 0 Å². The van der Waals surface area contributed by atoms with Crippen LogP contribution in [0.2, 0.25) is 0 Å². The molecule has 0 aliphatic carbocycles. The van der Waals surface area contributed by atoms with E-state index in [2.05, 4.69) is 28.2 Å². The molecule has 0 radical (unpaired) electrons. The van der Waals surface area contributed by atoms with Gasteiger partial charge >= 0.3 is 0 Å². The molecule has 4 N–H and O–H groups in total. The maximum absolute atomic E-state index is 12.1. The van der Waals surface area contributed by atoms with E-state index in [4.69, 9.17) is 0 Å². The molecule has 0 aromatic rings. The maximum Gasteiger partial charge on any atom is 0.243 e. The van der Waals surface area contributed by atoms with Crippen molar-refractivity contribution in [1.82, 2.24) is 21.3 Å². The van der Waals surface area contributed by atoms with E-state index >= 15 is 0 Å². The van der Waals surface area contributed by atoms with Crippen LogP contribution < -0.4 is 21.3 Å². The fourth-order valence-electron chi connectivity index (χ4n) is 2.67. The van der Waals surface area contributed by atoms with E-state index in [-0.39, 0.29) is 24.1 Å². The fourth-order valence-corrected chi connectivity index (χ4v) is 2.67. The molecule has 7 nitrogen and oxygen atoms in total. The molecular formula is C17H32N4O3. The van der Waals surface area contributed by atoms with Crippen molar-refractivity contribution in [3.05, 3.63) is 0 Å². The SMILES string of the molecule is CCCCCCNC(=O)C[C@H]1NC(=O)[C@@H](CCCNCC)NC1=O. The molecule has 0 aromatic heterocycles. The lowest BCUT2D eigenvalue weighted by molar-refractivity contribution is -0.138. The summed E-state index contributed by atoms with van der Waals surface area (Å²) in [7, 11) is 0. The molecule has 0 bridgehead atoms. The van der Waals surface area contributed by atoms with Gasteiger partial charge in [-0.2, -0.15) is 0 Å². The summed E-state index contributed by atoms with van der Waals surface area (Å²) in [6.07, 6.45) is 5.75. The molecule has 7 heteroatoms. The van der Waals surface area contributed by atoms with Crippen LogP contribution in [0.25, 0.3) is 0 Å². The Hall–Kier alpha value is -1.63. The second-order valence-corrected chi connectivity index (χ2v) is 6.23. The van der Waals surface area contributed by atoms with Crippen LogP contribution in [-0.2, 0) is 14.4 Å². The minimum atomic E-state index is -0.766. The van der Waals surface area contributed by atoms with E-state index in [0.717, 1.165) is 45.2 Å². The lowest BCUT2D eigenvalue weighted by Gasteiger charge is -2.29. The van der Waals surface area contributed by atoms with E-state index in [9.17, 15) is 14.4 Å². The first-order chi connectivity index (χ1) is 11.6. The van der Waals surface area contributed by atoms with Gasteiger partial charge in [-0.25, -0.2) is 0 Å². The molecular weight excluding hydrogens is 308 g/mol. The van der Waals surface area contributed by atoms with Gasteiger partial charge in [0.05, 0.1) is 6.42 Å². The van der Waals surface area contributed by atoms with E-state index in [1.54, 1.807) is 0 Å². The van der Waals surface area contributed by atoms with Gasteiger partial charge in [-0.1, -0.05) is 33.1 Å². The molecule has 1 fully saturated rings. The molecule has 2 atom stereocenters. The summed E-state index contributed by atoms with van der Waals surface area (Å²) in [5.41, 5.74) is 0. The van der Waals surface area contributed by atoms with Crippen molar-refractivity contribution in [3.63, 3.8) is 0 Å². The highest BCUT2D eigenvalue weighted by Crippen LogP contribution is 2.06. The van der Waals surface area contributed by atoms with Crippen molar-refractivity contribution in [2.75, 3.05) is 19.6 Å². The van der Waals surface area contributed by atoms with Crippen molar-refractivity contribution >= 4 is 17.7 Å². The van der Waals surface area contributed by atoms with Gasteiger partial charge in [-0.15, -0.1) is 0 Å². The van der Waals surface area contributed by atoms with Crippen LogP contribution in [0.1, 0.15) is 58.8 Å². The van der Waals surface area contributed by atoms with Gasteiger partial charge in [-0.05, 0) is 32.4 Å². The predicted molar refractivity (Wildman–Crippen MR) is 93.4 cm³/mol. The molecule has 1 rings (SSSR count). The topological polar surface area (TPSA) is 99.3 Å². The highest BCUT2D eigenvalue weighted by molar-refractivity contribution is 5.99. The first-order valence-electron chi connectivity index (χ1n) is 9.16. The minimum Gasteiger partial charge on any atom is -0.356 e. The first-order valence-corrected chi connectivity index (χ1v) is 9.16. The number of carbonyl (C=O) groups is 3. The Labute approximate surface area is 144 Å². The van der Waals surface area contributed by atoms with E-state index < -0.39 is 12.1 Å². The average Bonchev–Trinajstić information content (AvgIpc) is 2.55. The normalized spacial score (nSPS) is 20.4. The zero-order valence-corrected chi connectivity index (χ0v) is 15.0. The molecule has 1 aliphatic heterocycles. The number of hydrogen-bond acceptors (Lipinski definition) is 4. The van der Waals surface area contributed by atoms with Crippen molar-refractivity contribution < 1.29 is 14.4 Å². The average molecular weight is 340 g/mol. The van der Waals surface area contributed by atoms with Crippen LogP contribution in [0.4, 0.5) is 0 Å². The zero-order chi connectivity index (χ0) is 17.8. The second kappa shape index (κ2) is 11.8. The second-order valence-electron chi connectivity index (χ2n) is 6.23. The Balaban J connectivity index is 2.27. The number of carbonyl (C=O) groups excluding carboxylic acids is 3. The fraction of sp³-hybridized carbons (Fsp3) is 0.824. The highest BCUT2D eigenvalue weighted by Gasteiger charge is 2.34. The monoisotopic (exact) mass is 340 g/mol. The third kappa shape index (κ3) is 7.77.